The van der Waals surface area contributed by atoms with Crippen molar-refractivity contribution in [2.75, 3.05) is 22.9 Å². The predicted molar refractivity (Wildman–Crippen MR) is 301 cm³/mol. The van der Waals surface area contributed by atoms with E-state index < -0.39 is 30.3 Å². The van der Waals surface area contributed by atoms with Crippen molar-refractivity contribution in [1.82, 2.24) is 0 Å². The number of Topliss-reactive ketones (excluding diaryl/α,β-unsaturated/α-hetero) is 1. The molecular weight excluding hydrogens is 1030 g/mol. The zero-order chi connectivity index (χ0) is 54.4. The first-order valence-corrected chi connectivity index (χ1v) is 30.7. The van der Waals surface area contributed by atoms with Crippen LogP contribution in [0.5, 0.6) is 17.2 Å². The van der Waals surface area contributed by atoms with Gasteiger partial charge in [-0.05, 0) is 97.9 Å². The number of aromatic hydroxyl groups is 1. The standard InChI is InChI=1S/C40H56O6.C21H27N2.2ClH.Ru/c1-24(2)18-20-40(14,15)35-29(8)36(46-34(43)23-32(41)38(9,10)11)27(6)28(7)37(35)45-33(42)19-21-39(12,13)30-16-17-31(26(5)22-30)44-25(3)4;1-14-9-16(3)20(17(4)10-14)22-7-8-23(13-22)21-18(5)11-15(2)12-19(21)6;;;/h5,16-18,22,25H,19-21,23H2,1-4,6-15H3;9-13H,7-8H2,1-6H3;2*1H;/q;-1;;;+2/p-1. The number of aryl methyl sites for hydroxylation is 6. The number of esters is 2. The zero-order valence-electron chi connectivity index (χ0n) is 47.1. The van der Waals surface area contributed by atoms with Crippen molar-refractivity contribution in [3.8, 4) is 17.2 Å². The normalized spacial score (nSPS) is 13.1. The molecule has 8 nitrogen and oxygen atoms in total. The van der Waals surface area contributed by atoms with Crippen molar-refractivity contribution >= 4 is 53.1 Å². The maximum Gasteiger partial charge on any atom is 0.0146 e. The fourth-order valence-electron chi connectivity index (χ4n) is 9.65. The predicted octanol–water partition coefficient (Wildman–Crippen LogP) is 15.5. The van der Waals surface area contributed by atoms with Crippen molar-refractivity contribution < 1.29 is 42.1 Å². The number of carbonyl (C=O) groups is 3. The molecule has 0 radical (unpaired) electrons. The second kappa shape index (κ2) is 24.8. The van der Waals surface area contributed by atoms with Gasteiger partial charge in [-0.3, -0.25) is 9.59 Å². The molecule has 0 aliphatic carbocycles. The molecule has 0 amide bonds. The van der Waals surface area contributed by atoms with Crippen LogP contribution in [0.15, 0.2) is 54.1 Å². The first-order valence-electron chi connectivity index (χ1n) is 25.2. The molecule has 0 atom stereocenters. The SMILES string of the molecule is CC(C)=CCC(C)(C)c1c(C)c(OC(=O)CC(=O)C(C)(C)C)c(C)c(C)c1OC(=O)CCC(C)(C)c1ccc([OH+]C(C)C)c([CH]=[Ru]([Cl])[Cl])c1.Cc1cc(C)c(N2[CH-]N(c3c(C)cc(C)cc3C)CC2)c(C)c1. The number of ether oxygens (including phenoxy) is 3. The third-order valence-electron chi connectivity index (χ3n) is 13.5. The van der Waals surface area contributed by atoms with E-state index in [4.69, 9.17) is 33.6 Å². The molecule has 4 aromatic carbocycles. The number of aliphatic hydroxyl groups is 1. The van der Waals surface area contributed by atoms with E-state index in [2.05, 4.69) is 128 Å². The summed E-state index contributed by atoms with van der Waals surface area (Å²) in [5.74, 6) is 0.613. The molecule has 1 N–H and O–H groups in total. The number of carbonyl (C=O) groups excluding carboxylic acids is 3. The fraction of sp³-hybridized carbons (Fsp3) is 0.492. The molecule has 0 saturated carbocycles. The Morgan fingerprint density at radius 3 is 1.65 bits per heavy atom. The Morgan fingerprint density at radius 1 is 0.708 bits per heavy atom. The van der Waals surface area contributed by atoms with Crippen LogP contribution in [0.3, 0.4) is 0 Å². The van der Waals surface area contributed by atoms with Crippen molar-refractivity contribution in [3.63, 3.8) is 0 Å². The molecule has 1 aliphatic rings. The van der Waals surface area contributed by atoms with Crippen LogP contribution in [0.1, 0.15) is 169 Å². The maximum absolute atomic E-state index is 13.7. The van der Waals surface area contributed by atoms with E-state index >= 15 is 0 Å². The largest absolute Gasteiger partial charge is 0.502 e. The van der Waals surface area contributed by atoms with Gasteiger partial charge in [0.2, 0.25) is 0 Å². The van der Waals surface area contributed by atoms with Crippen LogP contribution >= 0.6 is 19.4 Å². The molecule has 0 unspecified atom stereocenters. The summed E-state index contributed by atoms with van der Waals surface area (Å²) in [6.45, 7) is 45.1. The van der Waals surface area contributed by atoms with Gasteiger partial charge in [0.1, 0.15) is 18.0 Å². The van der Waals surface area contributed by atoms with Crippen LogP contribution in [-0.2, 0) is 38.7 Å². The summed E-state index contributed by atoms with van der Waals surface area (Å²) < 4.78 is 18.8. The van der Waals surface area contributed by atoms with Crippen molar-refractivity contribution in [2.45, 2.75) is 181 Å². The fourth-order valence-corrected chi connectivity index (χ4v) is 11.4. The second-order valence-electron chi connectivity index (χ2n) is 22.8. The summed E-state index contributed by atoms with van der Waals surface area (Å²) in [6, 6.07) is 15.2. The first kappa shape index (κ1) is 60.3. The Hall–Kier alpha value is -4.30. The number of allylic oxidation sites excluding steroid dienone is 2. The molecule has 396 valence electrons. The molecule has 5 rings (SSSR count). The van der Waals surface area contributed by atoms with E-state index in [1.807, 2.05) is 59.1 Å². The molecule has 11 heteroatoms. The number of hydrogen-bond donors (Lipinski definition) is 0. The van der Waals surface area contributed by atoms with E-state index in [1.165, 1.54) is 50.3 Å². The number of hydrogen-bond acceptors (Lipinski definition) is 7. The van der Waals surface area contributed by atoms with E-state index in [0.29, 0.717) is 41.0 Å². The van der Waals surface area contributed by atoms with Gasteiger partial charge in [-0.1, -0.05) is 81.7 Å². The molecule has 1 heterocycles. The van der Waals surface area contributed by atoms with Crippen molar-refractivity contribution in [3.05, 3.63) is 128 Å². The third-order valence-corrected chi connectivity index (χ3v) is 15.3. The maximum atomic E-state index is 13.7. The molecule has 1 saturated heterocycles. The van der Waals surface area contributed by atoms with E-state index in [9.17, 15) is 14.4 Å². The Morgan fingerprint density at radius 2 is 1.19 bits per heavy atom. The topological polar surface area (TPSA) is 89.0 Å². The van der Waals surface area contributed by atoms with E-state index in [0.717, 1.165) is 35.5 Å². The van der Waals surface area contributed by atoms with Crippen molar-refractivity contribution in [2.24, 2.45) is 5.41 Å². The van der Waals surface area contributed by atoms with Crippen LogP contribution in [-0.4, -0.2) is 46.3 Å². The molecule has 0 bridgehead atoms. The smallest absolute Gasteiger partial charge is 0.0146 e. The minimum Gasteiger partial charge on any atom is -0.502 e. The molecule has 4 aromatic rings. The van der Waals surface area contributed by atoms with Crippen LogP contribution in [0.25, 0.3) is 0 Å². The number of benzene rings is 4. The number of ketones is 1. The summed E-state index contributed by atoms with van der Waals surface area (Å²) in [7, 11) is 12.5. The number of halogens is 2. The minimum atomic E-state index is -2.09. The van der Waals surface area contributed by atoms with E-state index in [1.54, 1.807) is 20.8 Å². The number of anilines is 2. The number of rotatable bonds is 16. The zero-order valence-corrected chi connectivity index (χ0v) is 50.3. The Balaban J connectivity index is 0.000000403. The van der Waals surface area contributed by atoms with Gasteiger partial charge in [0, 0.05) is 29.9 Å². The van der Waals surface area contributed by atoms with Gasteiger partial charge in [-0.25, -0.2) is 0 Å². The Labute approximate surface area is 446 Å². The van der Waals surface area contributed by atoms with Crippen molar-refractivity contribution in [1.29, 1.82) is 0 Å². The summed E-state index contributed by atoms with van der Waals surface area (Å²) in [5.41, 5.74) is 15.4. The monoisotopic (exact) mass is 1110 g/mol. The summed E-state index contributed by atoms with van der Waals surface area (Å²) in [4.78, 5) is 44.1. The average molecular weight is 1110 g/mol. The van der Waals surface area contributed by atoms with E-state index in [-0.39, 0.29) is 36.1 Å². The van der Waals surface area contributed by atoms with Gasteiger partial charge in [0.15, 0.2) is 0 Å². The van der Waals surface area contributed by atoms with Gasteiger partial charge < -0.3 is 14.5 Å². The van der Waals surface area contributed by atoms with Gasteiger partial charge in [-0.15, -0.1) is 0 Å². The van der Waals surface area contributed by atoms with Crippen LogP contribution < -0.4 is 19.3 Å². The molecule has 0 aromatic heterocycles. The summed E-state index contributed by atoms with van der Waals surface area (Å²) >= 11 is -2.09. The quantitative estimate of drug-likeness (QED) is 0.0210. The van der Waals surface area contributed by atoms with Gasteiger partial charge in [-0.2, -0.15) is 6.67 Å². The number of nitrogens with zero attached hydrogens (tertiary/aromatic N) is 2. The van der Waals surface area contributed by atoms with Crippen LogP contribution in [0, 0.1) is 74.4 Å². The molecule has 72 heavy (non-hydrogen) atoms. The molecular formula is C61H84Cl2N2O6Ru. The van der Waals surface area contributed by atoms with Crippen LogP contribution in [0.4, 0.5) is 11.4 Å². The Bertz CT molecular complexity index is 2610. The van der Waals surface area contributed by atoms with Gasteiger partial charge >= 0.3 is 191 Å². The van der Waals surface area contributed by atoms with Gasteiger partial charge in [0.25, 0.3) is 0 Å². The molecule has 0 spiro atoms. The average Bonchev–Trinajstić information content (AvgIpc) is 3.71. The molecule has 1 aliphatic heterocycles. The minimum absolute atomic E-state index is 0.124. The third kappa shape index (κ3) is 15.9. The summed E-state index contributed by atoms with van der Waals surface area (Å²) in [5, 5.41) is 0. The van der Waals surface area contributed by atoms with Crippen LogP contribution in [0.2, 0.25) is 0 Å². The molecule has 1 fully saturated rings. The van der Waals surface area contributed by atoms with Gasteiger partial charge in [0.05, 0.1) is 0 Å². The second-order valence-corrected chi connectivity index (χ2v) is 28.5. The summed E-state index contributed by atoms with van der Waals surface area (Å²) in [6.07, 6.45) is 3.36. The first-order chi connectivity index (χ1) is 33.2. The Kier molecular flexibility index (Phi) is 20.8.